The van der Waals surface area contributed by atoms with Gasteiger partial charge < -0.3 is 0 Å². The summed E-state index contributed by atoms with van der Waals surface area (Å²) in [5.41, 5.74) is 3.63. The molecule has 0 heterocycles. The highest BCUT2D eigenvalue weighted by molar-refractivity contribution is 5.26. The van der Waals surface area contributed by atoms with Crippen LogP contribution in [-0.2, 0) is 0 Å². The lowest BCUT2D eigenvalue weighted by Gasteiger charge is -2.31. The van der Waals surface area contributed by atoms with Crippen LogP contribution in [0.5, 0.6) is 0 Å². The molecule has 0 amide bonds. The van der Waals surface area contributed by atoms with Gasteiger partial charge in [-0.25, -0.2) is 0 Å². The molecule has 1 atom stereocenters. The van der Waals surface area contributed by atoms with Crippen molar-refractivity contribution in [1.82, 2.24) is 0 Å². The molecule has 0 aromatic heterocycles. The predicted octanol–water partition coefficient (Wildman–Crippen LogP) is 3.92. The predicted molar refractivity (Wildman–Crippen MR) is 50.6 cm³/mol. The summed E-state index contributed by atoms with van der Waals surface area (Å²) in [6.07, 6.45) is 7.17. The molecular weight excluding hydrogens is 132 g/mol. The second-order valence-corrected chi connectivity index (χ2v) is 3.56. The van der Waals surface area contributed by atoms with Crippen LogP contribution in [0, 0.1) is 5.92 Å². The van der Waals surface area contributed by atoms with Gasteiger partial charge in [-0.1, -0.05) is 31.9 Å². The number of allylic oxidation sites excluding steroid dienone is 2. The highest BCUT2D eigenvalue weighted by Crippen LogP contribution is 2.41. The fourth-order valence-corrected chi connectivity index (χ4v) is 1.97. The molecule has 0 N–H and O–H groups in total. The fraction of sp³-hybridized carbons (Fsp3) is 0.818. The molecule has 64 valence electrons. The van der Waals surface area contributed by atoms with E-state index in [0.29, 0.717) is 0 Å². The molecule has 1 unspecified atom stereocenters. The molecule has 0 aromatic carbocycles. The second kappa shape index (κ2) is 3.94. The van der Waals surface area contributed by atoms with Crippen molar-refractivity contribution in [2.45, 2.75) is 52.9 Å². The van der Waals surface area contributed by atoms with Crippen LogP contribution < -0.4 is 0 Å². The highest BCUT2D eigenvalue weighted by atomic mass is 14.3. The van der Waals surface area contributed by atoms with Gasteiger partial charge in [0.2, 0.25) is 0 Å². The van der Waals surface area contributed by atoms with Crippen molar-refractivity contribution in [2.24, 2.45) is 5.92 Å². The first-order chi connectivity index (χ1) is 5.36. The quantitative estimate of drug-likeness (QED) is 0.461. The first-order valence-corrected chi connectivity index (χ1v) is 5.06. The zero-order chi connectivity index (χ0) is 8.27. The Morgan fingerprint density at radius 2 is 1.64 bits per heavy atom. The Bertz CT molecular complexity index is 153. The Balaban J connectivity index is 0.000000281. The van der Waals surface area contributed by atoms with Gasteiger partial charge in [0.25, 0.3) is 0 Å². The van der Waals surface area contributed by atoms with E-state index in [4.69, 9.17) is 0 Å². The molecule has 2 aliphatic carbocycles. The maximum Gasteiger partial charge on any atom is -0.0280 e. The van der Waals surface area contributed by atoms with E-state index in [1.54, 1.807) is 0 Å². The fourth-order valence-electron chi connectivity index (χ4n) is 1.97. The summed E-state index contributed by atoms with van der Waals surface area (Å²) in [4.78, 5) is 0. The minimum atomic E-state index is 0.990. The SMILES string of the molecule is CC.CC1CCC2=C(CC2)C1. The van der Waals surface area contributed by atoms with Gasteiger partial charge in [0.1, 0.15) is 0 Å². The van der Waals surface area contributed by atoms with Crippen LogP contribution in [0.15, 0.2) is 11.1 Å². The zero-order valence-electron chi connectivity index (χ0n) is 8.11. The van der Waals surface area contributed by atoms with Gasteiger partial charge in [-0.2, -0.15) is 0 Å². The van der Waals surface area contributed by atoms with E-state index < -0.39 is 0 Å². The lowest BCUT2D eigenvalue weighted by molar-refractivity contribution is 0.449. The molecule has 0 saturated carbocycles. The van der Waals surface area contributed by atoms with Crippen LogP contribution >= 0.6 is 0 Å². The van der Waals surface area contributed by atoms with Crippen molar-refractivity contribution in [3.8, 4) is 0 Å². The first-order valence-electron chi connectivity index (χ1n) is 5.06. The van der Waals surface area contributed by atoms with Crippen LogP contribution in [0.1, 0.15) is 52.9 Å². The molecule has 2 rings (SSSR count). The van der Waals surface area contributed by atoms with Gasteiger partial charge in [-0.05, 0) is 38.0 Å². The summed E-state index contributed by atoms with van der Waals surface area (Å²) < 4.78 is 0. The number of hydrogen-bond donors (Lipinski definition) is 0. The van der Waals surface area contributed by atoms with Crippen LogP contribution in [0.25, 0.3) is 0 Å². The Hall–Kier alpha value is -0.260. The molecule has 0 saturated heterocycles. The van der Waals surface area contributed by atoms with Crippen molar-refractivity contribution >= 4 is 0 Å². The lowest BCUT2D eigenvalue weighted by atomic mass is 9.74. The normalized spacial score (nSPS) is 28.1. The Morgan fingerprint density at radius 3 is 2.00 bits per heavy atom. The van der Waals surface area contributed by atoms with Crippen molar-refractivity contribution in [3.63, 3.8) is 0 Å². The monoisotopic (exact) mass is 152 g/mol. The van der Waals surface area contributed by atoms with Crippen molar-refractivity contribution < 1.29 is 0 Å². The third-order valence-corrected chi connectivity index (χ3v) is 2.76. The third-order valence-electron chi connectivity index (χ3n) is 2.76. The van der Waals surface area contributed by atoms with Crippen LogP contribution in [0.2, 0.25) is 0 Å². The Kier molecular flexibility index (Phi) is 3.16. The Labute approximate surface area is 70.7 Å². The molecule has 0 heteroatoms. The summed E-state index contributed by atoms with van der Waals surface area (Å²) in [6.45, 7) is 6.38. The Morgan fingerprint density at radius 1 is 1.00 bits per heavy atom. The van der Waals surface area contributed by atoms with Crippen LogP contribution in [0.4, 0.5) is 0 Å². The van der Waals surface area contributed by atoms with Gasteiger partial charge in [-0.3, -0.25) is 0 Å². The van der Waals surface area contributed by atoms with Gasteiger partial charge in [0.05, 0.1) is 0 Å². The number of hydrogen-bond acceptors (Lipinski definition) is 0. The topological polar surface area (TPSA) is 0 Å². The molecule has 0 aromatic rings. The molecule has 0 nitrogen and oxygen atoms in total. The van der Waals surface area contributed by atoms with Gasteiger partial charge >= 0.3 is 0 Å². The van der Waals surface area contributed by atoms with Gasteiger partial charge in [-0.15, -0.1) is 0 Å². The number of rotatable bonds is 0. The van der Waals surface area contributed by atoms with Crippen LogP contribution in [0.3, 0.4) is 0 Å². The van der Waals surface area contributed by atoms with E-state index in [1.807, 2.05) is 25.0 Å². The van der Waals surface area contributed by atoms with E-state index in [1.165, 1.54) is 32.1 Å². The summed E-state index contributed by atoms with van der Waals surface area (Å²) in [5, 5.41) is 0. The molecular formula is C11H20. The van der Waals surface area contributed by atoms with E-state index in [2.05, 4.69) is 6.92 Å². The van der Waals surface area contributed by atoms with Crippen LogP contribution in [-0.4, -0.2) is 0 Å². The van der Waals surface area contributed by atoms with E-state index in [9.17, 15) is 0 Å². The smallest absolute Gasteiger partial charge is 0.0280 e. The summed E-state index contributed by atoms with van der Waals surface area (Å²) in [7, 11) is 0. The van der Waals surface area contributed by atoms with Crippen molar-refractivity contribution in [3.05, 3.63) is 11.1 Å². The first kappa shape index (κ1) is 8.83. The molecule has 0 aliphatic heterocycles. The summed E-state index contributed by atoms with van der Waals surface area (Å²) >= 11 is 0. The second-order valence-electron chi connectivity index (χ2n) is 3.56. The maximum absolute atomic E-state index is 2.38. The molecule has 0 radical (unpaired) electrons. The minimum Gasteiger partial charge on any atom is -0.0707 e. The van der Waals surface area contributed by atoms with Gasteiger partial charge in [0.15, 0.2) is 0 Å². The summed E-state index contributed by atoms with van der Waals surface area (Å²) in [6, 6.07) is 0. The molecule has 11 heavy (non-hydrogen) atoms. The molecule has 0 bridgehead atoms. The summed E-state index contributed by atoms with van der Waals surface area (Å²) in [5.74, 6) is 0.990. The van der Waals surface area contributed by atoms with Gasteiger partial charge in [0, 0.05) is 0 Å². The average Bonchev–Trinajstić information content (AvgIpc) is 2.01. The van der Waals surface area contributed by atoms with Crippen molar-refractivity contribution in [1.29, 1.82) is 0 Å². The highest BCUT2D eigenvalue weighted by Gasteiger charge is 2.23. The standard InChI is InChI=1S/C9H14.C2H6/c1-7-2-3-8-4-5-9(8)6-7;1-2/h7H,2-6H2,1H3;1-2H3. The van der Waals surface area contributed by atoms with E-state index in [0.717, 1.165) is 5.92 Å². The zero-order valence-corrected chi connectivity index (χ0v) is 8.11. The van der Waals surface area contributed by atoms with E-state index in [-0.39, 0.29) is 0 Å². The third kappa shape index (κ3) is 1.85. The molecule has 0 spiro atoms. The van der Waals surface area contributed by atoms with Crippen molar-refractivity contribution in [2.75, 3.05) is 0 Å². The maximum atomic E-state index is 2.38. The average molecular weight is 152 g/mol. The molecule has 2 aliphatic rings. The molecule has 0 fully saturated rings. The largest absolute Gasteiger partial charge is 0.0707 e. The minimum absolute atomic E-state index is 0.990. The van der Waals surface area contributed by atoms with E-state index >= 15 is 0 Å². The lowest BCUT2D eigenvalue weighted by Crippen LogP contribution is -2.14.